The zero-order valence-electron chi connectivity index (χ0n) is 10.7. The van der Waals surface area contributed by atoms with Gasteiger partial charge in [-0.05, 0) is 30.5 Å². The zero-order chi connectivity index (χ0) is 12.3. The van der Waals surface area contributed by atoms with Crippen LogP contribution in [0.25, 0.3) is 0 Å². The van der Waals surface area contributed by atoms with Crippen LogP contribution in [0.2, 0.25) is 0 Å². The van der Waals surface area contributed by atoms with Gasteiger partial charge in [-0.15, -0.1) is 6.58 Å². The van der Waals surface area contributed by atoms with Gasteiger partial charge in [0.25, 0.3) is 0 Å². The molecule has 0 spiro atoms. The van der Waals surface area contributed by atoms with Crippen LogP contribution in [0, 0.1) is 0 Å². The van der Waals surface area contributed by atoms with Crippen molar-refractivity contribution in [1.29, 1.82) is 0 Å². The maximum atomic E-state index is 5.53. The van der Waals surface area contributed by atoms with Gasteiger partial charge >= 0.3 is 0 Å². The predicted molar refractivity (Wildman–Crippen MR) is 71.5 cm³/mol. The van der Waals surface area contributed by atoms with Crippen LogP contribution >= 0.6 is 0 Å². The van der Waals surface area contributed by atoms with Crippen LogP contribution in [0.3, 0.4) is 0 Å². The van der Waals surface area contributed by atoms with Gasteiger partial charge < -0.3 is 10.1 Å². The first-order valence-corrected chi connectivity index (χ1v) is 6.38. The van der Waals surface area contributed by atoms with Gasteiger partial charge in [0.15, 0.2) is 0 Å². The van der Waals surface area contributed by atoms with Crippen LogP contribution in [-0.4, -0.2) is 12.6 Å². The van der Waals surface area contributed by atoms with Crippen LogP contribution in [0.15, 0.2) is 30.9 Å². The highest BCUT2D eigenvalue weighted by Crippen LogP contribution is 2.29. The SMILES string of the molecule is C=CC(C)NC(CC)c1ccc2c(c1)CCO2. The van der Waals surface area contributed by atoms with Crippen molar-refractivity contribution in [2.45, 2.75) is 38.8 Å². The summed E-state index contributed by atoms with van der Waals surface area (Å²) >= 11 is 0. The van der Waals surface area contributed by atoms with Crippen molar-refractivity contribution in [2.24, 2.45) is 0 Å². The summed E-state index contributed by atoms with van der Waals surface area (Å²) in [6.07, 6.45) is 4.06. The molecule has 2 unspecified atom stereocenters. The lowest BCUT2D eigenvalue weighted by molar-refractivity contribution is 0.356. The zero-order valence-corrected chi connectivity index (χ0v) is 10.7. The first-order chi connectivity index (χ1) is 8.24. The normalized spacial score (nSPS) is 17.1. The minimum absolute atomic E-state index is 0.337. The second-order valence-electron chi connectivity index (χ2n) is 4.62. The highest BCUT2D eigenvalue weighted by molar-refractivity contribution is 5.40. The molecule has 1 aromatic carbocycles. The molecule has 1 aromatic rings. The number of hydrogen-bond acceptors (Lipinski definition) is 2. The second-order valence-corrected chi connectivity index (χ2v) is 4.62. The fourth-order valence-corrected chi connectivity index (χ4v) is 2.26. The lowest BCUT2D eigenvalue weighted by Crippen LogP contribution is -2.28. The molecular weight excluding hydrogens is 210 g/mol. The molecule has 1 aliphatic heterocycles. The van der Waals surface area contributed by atoms with Gasteiger partial charge in [-0.1, -0.05) is 25.1 Å². The lowest BCUT2D eigenvalue weighted by Gasteiger charge is -2.21. The quantitative estimate of drug-likeness (QED) is 0.785. The third-order valence-electron chi connectivity index (χ3n) is 3.34. The van der Waals surface area contributed by atoms with E-state index in [0.29, 0.717) is 12.1 Å². The number of hydrogen-bond donors (Lipinski definition) is 1. The molecular formula is C15H21NO. The van der Waals surface area contributed by atoms with E-state index in [9.17, 15) is 0 Å². The summed E-state index contributed by atoms with van der Waals surface area (Å²) in [7, 11) is 0. The Labute approximate surface area is 104 Å². The van der Waals surface area contributed by atoms with Crippen LogP contribution in [0.1, 0.15) is 37.4 Å². The Hall–Kier alpha value is -1.28. The van der Waals surface area contributed by atoms with E-state index in [1.165, 1.54) is 11.1 Å². The largest absolute Gasteiger partial charge is 0.493 e. The second kappa shape index (κ2) is 5.37. The number of benzene rings is 1. The van der Waals surface area contributed by atoms with E-state index in [0.717, 1.165) is 25.2 Å². The monoisotopic (exact) mass is 231 g/mol. The average Bonchev–Trinajstić information content (AvgIpc) is 2.82. The van der Waals surface area contributed by atoms with Crippen molar-refractivity contribution in [3.63, 3.8) is 0 Å². The summed E-state index contributed by atoms with van der Waals surface area (Å²) in [6, 6.07) is 7.28. The van der Waals surface area contributed by atoms with E-state index < -0.39 is 0 Å². The van der Waals surface area contributed by atoms with Crippen molar-refractivity contribution >= 4 is 0 Å². The number of rotatable bonds is 5. The standard InChI is InChI=1S/C15H21NO/c1-4-11(3)16-14(5-2)12-6-7-15-13(10-12)8-9-17-15/h4,6-7,10-11,14,16H,1,5,8-9H2,2-3H3. The molecule has 2 rings (SSSR count). The van der Waals surface area contributed by atoms with Gasteiger partial charge in [-0.2, -0.15) is 0 Å². The molecule has 92 valence electrons. The fraction of sp³-hybridized carbons (Fsp3) is 0.467. The molecule has 0 amide bonds. The summed E-state index contributed by atoms with van der Waals surface area (Å²) in [5.74, 6) is 1.06. The van der Waals surface area contributed by atoms with Crippen LogP contribution in [0.4, 0.5) is 0 Å². The van der Waals surface area contributed by atoms with Crippen molar-refractivity contribution in [2.75, 3.05) is 6.61 Å². The molecule has 0 bridgehead atoms. The highest BCUT2D eigenvalue weighted by atomic mass is 16.5. The summed E-state index contributed by atoms with van der Waals surface area (Å²) in [6.45, 7) is 8.98. The van der Waals surface area contributed by atoms with Gasteiger partial charge in [0.1, 0.15) is 5.75 Å². The van der Waals surface area contributed by atoms with Crippen molar-refractivity contribution < 1.29 is 4.74 Å². The third kappa shape index (κ3) is 2.70. The number of ether oxygens (including phenoxy) is 1. The fourth-order valence-electron chi connectivity index (χ4n) is 2.26. The minimum atomic E-state index is 0.337. The van der Waals surface area contributed by atoms with Gasteiger partial charge in [0.05, 0.1) is 6.61 Å². The molecule has 0 fully saturated rings. The van der Waals surface area contributed by atoms with Gasteiger partial charge in [-0.3, -0.25) is 0 Å². The Bertz CT molecular complexity index is 400. The molecule has 17 heavy (non-hydrogen) atoms. The van der Waals surface area contributed by atoms with Crippen LogP contribution < -0.4 is 10.1 Å². The average molecular weight is 231 g/mol. The summed E-state index contributed by atoms with van der Waals surface area (Å²) in [5, 5.41) is 3.56. The molecule has 1 aliphatic rings. The predicted octanol–water partition coefficient (Wildman–Crippen LogP) is 3.24. The van der Waals surface area contributed by atoms with E-state index in [1.807, 2.05) is 6.08 Å². The summed E-state index contributed by atoms with van der Waals surface area (Å²) in [4.78, 5) is 0. The van der Waals surface area contributed by atoms with Gasteiger partial charge in [-0.25, -0.2) is 0 Å². The molecule has 0 saturated heterocycles. The van der Waals surface area contributed by atoms with E-state index in [-0.39, 0.29) is 0 Å². The molecule has 1 N–H and O–H groups in total. The lowest BCUT2D eigenvalue weighted by atomic mass is 10.00. The van der Waals surface area contributed by atoms with Gasteiger partial charge in [0.2, 0.25) is 0 Å². The Morgan fingerprint density at radius 1 is 1.53 bits per heavy atom. The number of fused-ring (bicyclic) bond motifs is 1. The molecule has 1 heterocycles. The summed E-state index contributed by atoms with van der Waals surface area (Å²) in [5.41, 5.74) is 2.69. The highest BCUT2D eigenvalue weighted by Gasteiger charge is 2.16. The van der Waals surface area contributed by atoms with Crippen LogP contribution in [0.5, 0.6) is 5.75 Å². The molecule has 2 heteroatoms. The molecule has 2 atom stereocenters. The Balaban J connectivity index is 2.16. The third-order valence-corrected chi connectivity index (χ3v) is 3.34. The maximum Gasteiger partial charge on any atom is 0.122 e. The van der Waals surface area contributed by atoms with E-state index in [1.54, 1.807) is 0 Å². The molecule has 0 saturated carbocycles. The van der Waals surface area contributed by atoms with E-state index >= 15 is 0 Å². The van der Waals surface area contributed by atoms with Crippen molar-refractivity contribution in [1.82, 2.24) is 5.32 Å². The summed E-state index contributed by atoms with van der Waals surface area (Å²) < 4.78 is 5.53. The Kier molecular flexibility index (Phi) is 3.85. The topological polar surface area (TPSA) is 21.3 Å². The Morgan fingerprint density at radius 3 is 3.06 bits per heavy atom. The number of nitrogens with one attached hydrogen (secondary N) is 1. The molecule has 2 nitrogen and oxygen atoms in total. The van der Waals surface area contributed by atoms with Crippen molar-refractivity contribution in [3.05, 3.63) is 42.0 Å². The molecule has 0 aliphatic carbocycles. The van der Waals surface area contributed by atoms with Crippen LogP contribution in [-0.2, 0) is 6.42 Å². The van der Waals surface area contributed by atoms with Gasteiger partial charge in [0, 0.05) is 18.5 Å². The smallest absolute Gasteiger partial charge is 0.122 e. The minimum Gasteiger partial charge on any atom is -0.493 e. The maximum absolute atomic E-state index is 5.53. The molecule has 0 radical (unpaired) electrons. The Morgan fingerprint density at radius 2 is 2.35 bits per heavy atom. The first kappa shape index (κ1) is 12.2. The van der Waals surface area contributed by atoms with Crippen molar-refractivity contribution in [3.8, 4) is 5.75 Å². The molecule has 0 aromatic heterocycles. The van der Waals surface area contributed by atoms with E-state index in [4.69, 9.17) is 4.74 Å². The first-order valence-electron chi connectivity index (χ1n) is 6.38. The van der Waals surface area contributed by atoms with E-state index in [2.05, 4.69) is 43.9 Å².